The highest BCUT2D eigenvalue weighted by Gasteiger charge is 2.27. The number of likely N-dealkylation sites (tertiary alicyclic amines) is 1. The van der Waals surface area contributed by atoms with Crippen LogP contribution in [0.5, 0.6) is 0 Å². The molecule has 1 heterocycles. The summed E-state index contributed by atoms with van der Waals surface area (Å²) >= 11 is 0. The van der Waals surface area contributed by atoms with Crippen molar-refractivity contribution in [3.8, 4) is 0 Å². The first-order chi connectivity index (χ1) is 12.5. The van der Waals surface area contributed by atoms with Gasteiger partial charge in [0.2, 0.25) is 5.91 Å². The minimum Gasteiger partial charge on any atom is -0.466 e. The number of carbonyl (C=O) groups is 2. The Balaban J connectivity index is 0.00000364. The fourth-order valence-corrected chi connectivity index (χ4v) is 3.00. The first kappa shape index (κ1) is 23.2. The number of halogens is 1. The zero-order chi connectivity index (χ0) is 18.9. The molecule has 1 aliphatic rings. The third-order valence-corrected chi connectivity index (χ3v) is 4.37. The van der Waals surface area contributed by atoms with E-state index in [0.29, 0.717) is 18.7 Å². The number of rotatable bonds is 6. The summed E-state index contributed by atoms with van der Waals surface area (Å²) in [5.74, 6) is 0.252. The summed E-state index contributed by atoms with van der Waals surface area (Å²) < 4.78 is 5.12. The number of nitrogens with one attached hydrogen (secondary N) is 1. The quantitative estimate of drug-likeness (QED) is 0.277. The van der Waals surface area contributed by atoms with Crippen LogP contribution in [-0.2, 0) is 16.1 Å². The SMILES string of the molecule is CCNC(=NCc1cccc(C(N)=O)c1)N1CCC(C(=O)OCC)CC1.I. The summed E-state index contributed by atoms with van der Waals surface area (Å²) in [6.07, 6.45) is 1.53. The van der Waals surface area contributed by atoms with Crippen molar-refractivity contribution in [1.29, 1.82) is 0 Å². The first-order valence-electron chi connectivity index (χ1n) is 9.13. The number of primary amides is 1. The molecule has 1 aromatic carbocycles. The minimum atomic E-state index is -0.441. The molecule has 150 valence electrons. The van der Waals surface area contributed by atoms with E-state index >= 15 is 0 Å². The largest absolute Gasteiger partial charge is 0.466 e. The van der Waals surface area contributed by atoms with E-state index in [1.165, 1.54) is 0 Å². The van der Waals surface area contributed by atoms with Crippen LogP contribution in [0.25, 0.3) is 0 Å². The zero-order valence-electron chi connectivity index (χ0n) is 15.9. The molecular weight excluding hydrogens is 459 g/mol. The van der Waals surface area contributed by atoms with Crippen molar-refractivity contribution in [1.82, 2.24) is 10.2 Å². The van der Waals surface area contributed by atoms with Crippen LogP contribution < -0.4 is 11.1 Å². The van der Waals surface area contributed by atoms with E-state index in [0.717, 1.165) is 44.0 Å². The van der Waals surface area contributed by atoms with E-state index in [4.69, 9.17) is 10.5 Å². The van der Waals surface area contributed by atoms with Crippen LogP contribution in [0, 0.1) is 5.92 Å². The van der Waals surface area contributed by atoms with Gasteiger partial charge in [-0.05, 0) is 44.4 Å². The normalized spacial score (nSPS) is 15.0. The van der Waals surface area contributed by atoms with Gasteiger partial charge in [-0.25, -0.2) is 4.99 Å². The van der Waals surface area contributed by atoms with Gasteiger partial charge in [-0.2, -0.15) is 0 Å². The number of aliphatic imine (C=N–C) groups is 1. The van der Waals surface area contributed by atoms with Crippen LogP contribution in [0.1, 0.15) is 42.6 Å². The highest BCUT2D eigenvalue weighted by Crippen LogP contribution is 2.19. The molecule has 1 saturated heterocycles. The van der Waals surface area contributed by atoms with Crippen LogP contribution in [0.2, 0.25) is 0 Å². The van der Waals surface area contributed by atoms with Gasteiger partial charge < -0.3 is 20.7 Å². The first-order valence-corrected chi connectivity index (χ1v) is 9.13. The molecule has 0 atom stereocenters. The van der Waals surface area contributed by atoms with Crippen molar-refractivity contribution in [2.45, 2.75) is 33.2 Å². The van der Waals surface area contributed by atoms with Crippen LogP contribution in [0.3, 0.4) is 0 Å². The number of hydrogen-bond acceptors (Lipinski definition) is 4. The Morgan fingerprint density at radius 1 is 1.30 bits per heavy atom. The average molecular weight is 488 g/mol. The molecule has 1 aliphatic heterocycles. The van der Waals surface area contributed by atoms with Gasteiger partial charge in [0.25, 0.3) is 0 Å². The smallest absolute Gasteiger partial charge is 0.309 e. The lowest BCUT2D eigenvalue weighted by atomic mass is 9.97. The molecule has 2 rings (SSSR count). The lowest BCUT2D eigenvalue weighted by Crippen LogP contribution is -2.46. The second kappa shape index (κ2) is 11.8. The molecular formula is C19H29IN4O3. The summed E-state index contributed by atoms with van der Waals surface area (Å²) in [5.41, 5.74) is 6.74. The molecule has 3 N–H and O–H groups in total. The number of benzene rings is 1. The number of ether oxygens (including phenoxy) is 1. The van der Waals surface area contributed by atoms with E-state index < -0.39 is 5.91 Å². The zero-order valence-corrected chi connectivity index (χ0v) is 18.3. The average Bonchev–Trinajstić information content (AvgIpc) is 2.65. The molecule has 0 saturated carbocycles. The molecule has 0 aromatic heterocycles. The highest BCUT2D eigenvalue weighted by molar-refractivity contribution is 14.0. The topological polar surface area (TPSA) is 97.0 Å². The molecule has 7 nitrogen and oxygen atoms in total. The number of carbonyl (C=O) groups excluding carboxylic acids is 2. The number of nitrogens with zero attached hydrogens (tertiary/aromatic N) is 2. The van der Waals surface area contributed by atoms with Gasteiger partial charge >= 0.3 is 5.97 Å². The number of nitrogens with two attached hydrogens (primary N) is 1. The van der Waals surface area contributed by atoms with Crippen LogP contribution in [0.15, 0.2) is 29.3 Å². The highest BCUT2D eigenvalue weighted by atomic mass is 127. The van der Waals surface area contributed by atoms with Gasteiger partial charge in [0.15, 0.2) is 5.96 Å². The summed E-state index contributed by atoms with van der Waals surface area (Å²) in [6.45, 7) is 7.02. The Bertz CT molecular complexity index is 658. The van der Waals surface area contributed by atoms with Gasteiger partial charge in [0.1, 0.15) is 0 Å². The fraction of sp³-hybridized carbons (Fsp3) is 0.526. The maximum atomic E-state index is 11.9. The van der Waals surface area contributed by atoms with Crippen molar-refractivity contribution in [2.75, 3.05) is 26.2 Å². The predicted octanol–water partition coefficient (Wildman–Crippen LogP) is 2.14. The Kier molecular flexibility index (Phi) is 10.1. The van der Waals surface area contributed by atoms with E-state index in [2.05, 4.69) is 15.2 Å². The number of guanidine groups is 1. The summed E-state index contributed by atoms with van der Waals surface area (Å²) in [5, 5.41) is 3.30. The number of hydrogen-bond donors (Lipinski definition) is 2. The van der Waals surface area contributed by atoms with Gasteiger partial charge in [-0.1, -0.05) is 12.1 Å². The monoisotopic (exact) mass is 488 g/mol. The second-order valence-electron chi connectivity index (χ2n) is 6.25. The van der Waals surface area contributed by atoms with Crippen molar-refractivity contribution in [2.24, 2.45) is 16.6 Å². The maximum Gasteiger partial charge on any atom is 0.309 e. The van der Waals surface area contributed by atoms with Crippen LogP contribution in [-0.4, -0.2) is 49.0 Å². The fourth-order valence-electron chi connectivity index (χ4n) is 3.00. The summed E-state index contributed by atoms with van der Waals surface area (Å²) in [6, 6.07) is 7.19. The lowest BCUT2D eigenvalue weighted by Gasteiger charge is -2.33. The standard InChI is InChI=1S/C19H28N4O3.HI/c1-3-21-19(22-13-14-6-5-7-16(12-14)17(20)24)23-10-8-15(9-11-23)18(25)26-4-2;/h5-7,12,15H,3-4,8-11,13H2,1-2H3,(H2,20,24)(H,21,22);1H. The van der Waals surface area contributed by atoms with Gasteiger partial charge in [0.05, 0.1) is 19.1 Å². The van der Waals surface area contributed by atoms with E-state index in [1.54, 1.807) is 12.1 Å². The molecule has 1 aromatic rings. The minimum absolute atomic E-state index is 0. The third-order valence-electron chi connectivity index (χ3n) is 4.37. The van der Waals surface area contributed by atoms with E-state index in [9.17, 15) is 9.59 Å². The Labute approximate surface area is 177 Å². The maximum absolute atomic E-state index is 11.9. The van der Waals surface area contributed by atoms with Gasteiger partial charge in [-0.3, -0.25) is 9.59 Å². The van der Waals surface area contributed by atoms with E-state index in [-0.39, 0.29) is 35.9 Å². The molecule has 0 radical (unpaired) electrons. The van der Waals surface area contributed by atoms with Crippen molar-refractivity contribution in [3.05, 3.63) is 35.4 Å². The molecule has 8 heteroatoms. The predicted molar refractivity (Wildman–Crippen MR) is 116 cm³/mol. The summed E-state index contributed by atoms with van der Waals surface area (Å²) in [7, 11) is 0. The Morgan fingerprint density at radius 3 is 2.59 bits per heavy atom. The third kappa shape index (κ3) is 7.00. The molecule has 0 bridgehead atoms. The molecule has 1 fully saturated rings. The van der Waals surface area contributed by atoms with Crippen molar-refractivity contribution in [3.63, 3.8) is 0 Å². The second-order valence-corrected chi connectivity index (χ2v) is 6.25. The summed E-state index contributed by atoms with van der Waals surface area (Å²) in [4.78, 5) is 30.0. The van der Waals surface area contributed by atoms with Crippen molar-refractivity contribution >= 4 is 41.8 Å². The Hall–Kier alpha value is -1.84. The molecule has 1 amide bonds. The molecule has 27 heavy (non-hydrogen) atoms. The number of amides is 1. The number of piperidine rings is 1. The molecule has 0 spiro atoms. The molecule has 0 unspecified atom stereocenters. The van der Waals surface area contributed by atoms with Gasteiger partial charge in [-0.15, -0.1) is 24.0 Å². The van der Waals surface area contributed by atoms with Crippen LogP contribution in [0.4, 0.5) is 0 Å². The van der Waals surface area contributed by atoms with Crippen molar-refractivity contribution < 1.29 is 14.3 Å². The van der Waals surface area contributed by atoms with Gasteiger partial charge in [0, 0.05) is 25.2 Å². The van der Waals surface area contributed by atoms with Crippen LogP contribution >= 0.6 is 24.0 Å². The number of esters is 1. The Morgan fingerprint density at radius 2 is 2.00 bits per heavy atom. The molecule has 0 aliphatic carbocycles. The lowest BCUT2D eigenvalue weighted by molar-refractivity contribution is -0.149. The van der Waals surface area contributed by atoms with E-state index in [1.807, 2.05) is 26.0 Å².